The van der Waals surface area contributed by atoms with Crippen LogP contribution < -0.4 is 4.90 Å². The molecular weight excluding hydrogens is 404 g/mol. The van der Waals surface area contributed by atoms with Gasteiger partial charge in [-0.25, -0.2) is 4.98 Å². The van der Waals surface area contributed by atoms with E-state index in [0.29, 0.717) is 25.9 Å². The summed E-state index contributed by atoms with van der Waals surface area (Å²) in [6.07, 6.45) is 3.09. The summed E-state index contributed by atoms with van der Waals surface area (Å²) in [7, 11) is 0. The Morgan fingerprint density at radius 2 is 1.93 bits per heavy atom. The maximum Gasteiger partial charge on any atom is 0.290 e. The smallest absolute Gasteiger partial charge is 0.290 e. The monoisotopic (exact) mass is 434 g/mol. The van der Waals surface area contributed by atoms with Crippen molar-refractivity contribution in [3.63, 3.8) is 0 Å². The van der Waals surface area contributed by atoms with Crippen LogP contribution in [-0.2, 0) is 9.53 Å². The fourth-order valence-electron chi connectivity index (χ4n) is 4.42. The molecule has 0 amide bonds. The second kappa shape index (κ2) is 9.09. The molecule has 30 heavy (non-hydrogen) atoms. The van der Waals surface area contributed by atoms with Gasteiger partial charge in [-0.3, -0.25) is 4.79 Å². The van der Waals surface area contributed by atoms with E-state index >= 15 is 0 Å². The molecular formula is C22H30N2O5S. The van der Waals surface area contributed by atoms with Crippen LogP contribution in [0, 0.1) is 6.92 Å². The largest absolute Gasteiger partial charge is 0.483 e. The van der Waals surface area contributed by atoms with Crippen LogP contribution in [0.3, 0.4) is 0 Å². The molecule has 164 valence electrons. The van der Waals surface area contributed by atoms with Crippen molar-refractivity contribution < 1.29 is 24.9 Å². The third-order valence-corrected chi connectivity index (χ3v) is 6.95. The predicted molar refractivity (Wildman–Crippen MR) is 118 cm³/mol. The van der Waals surface area contributed by atoms with Crippen molar-refractivity contribution in [3.8, 4) is 0 Å². The normalized spacial score (nSPS) is 25.6. The summed E-state index contributed by atoms with van der Waals surface area (Å²) < 4.78 is 6.00. The molecule has 2 aromatic rings. The Morgan fingerprint density at radius 1 is 1.27 bits per heavy atom. The first kappa shape index (κ1) is 22.8. The molecule has 7 nitrogen and oxygen atoms in total. The number of anilines is 1. The molecule has 3 heterocycles. The molecule has 0 saturated carbocycles. The minimum Gasteiger partial charge on any atom is -0.483 e. The van der Waals surface area contributed by atoms with Crippen molar-refractivity contribution in [3.05, 3.63) is 29.8 Å². The molecule has 2 aliphatic rings. The number of carbonyl (C=O) groups is 1. The number of aliphatic hydroxyl groups excluding tert-OH is 1. The van der Waals surface area contributed by atoms with Gasteiger partial charge in [0.2, 0.25) is 0 Å². The number of piperidine rings is 1. The Morgan fingerprint density at radius 3 is 2.57 bits per heavy atom. The summed E-state index contributed by atoms with van der Waals surface area (Å²) in [6.45, 7) is 5.61. The number of pyridine rings is 1. The molecule has 2 atom stereocenters. The molecule has 4 rings (SSSR count). The van der Waals surface area contributed by atoms with E-state index in [-0.39, 0.29) is 6.47 Å². The number of hydrogen-bond acceptors (Lipinski definition) is 7. The first-order chi connectivity index (χ1) is 14.3. The molecule has 8 heteroatoms. The number of aryl methyl sites for hydroxylation is 1. The average Bonchev–Trinajstić information content (AvgIpc) is 2.73. The number of aliphatic hydroxyl groups is 2. The zero-order chi connectivity index (χ0) is 21.9. The fraction of sp³-hybridized carbons (Fsp3) is 0.545. The molecule has 2 aliphatic heterocycles. The van der Waals surface area contributed by atoms with Crippen LogP contribution in [0.25, 0.3) is 10.9 Å². The van der Waals surface area contributed by atoms with Crippen LogP contribution in [0.2, 0.25) is 0 Å². The minimum absolute atomic E-state index is 0.250. The second-order valence-corrected chi connectivity index (χ2v) is 9.08. The lowest BCUT2D eigenvalue weighted by Gasteiger charge is -2.51. The quantitative estimate of drug-likeness (QED) is 0.490. The van der Waals surface area contributed by atoms with Gasteiger partial charge in [0, 0.05) is 29.8 Å². The predicted octanol–water partition coefficient (Wildman–Crippen LogP) is 2.84. The highest BCUT2D eigenvalue weighted by molar-refractivity contribution is 7.98. The van der Waals surface area contributed by atoms with Gasteiger partial charge in [0.1, 0.15) is 17.5 Å². The first-order valence-electron chi connectivity index (χ1n) is 10.1. The summed E-state index contributed by atoms with van der Waals surface area (Å²) in [4.78, 5) is 16.8. The number of fused-ring (bicyclic) bond motifs is 1. The SMILES string of the molecule is CSc1ccc2nc(N3CCC4(CC3)OCC[C@@](C)(O)[C@@H]4O)cc(C)c2c1.O=CO. The number of nitrogens with zero attached hydrogens (tertiary/aromatic N) is 2. The molecule has 1 aromatic carbocycles. The average molecular weight is 435 g/mol. The zero-order valence-corrected chi connectivity index (χ0v) is 18.5. The number of carboxylic acid groups (broad SMARTS) is 1. The van der Waals surface area contributed by atoms with Gasteiger partial charge in [0.25, 0.3) is 6.47 Å². The Hall–Kier alpha value is -1.87. The van der Waals surface area contributed by atoms with Crippen LogP contribution in [0.15, 0.2) is 29.2 Å². The number of benzene rings is 1. The highest BCUT2D eigenvalue weighted by atomic mass is 32.2. The van der Waals surface area contributed by atoms with Gasteiger partial charge in [0.05, 0.1) is 17.7 Å². The van der Waals surface area contributed by atoms with Crippen molar-refractivity contribution in [2.45, 2.75) is 55.3 Å². The van der Waals surface area contributed by atoms with Crippen molar-refractivity contribution in [2.75, 3.05) is 30.9 Å². The van der Waals surface area contributed by atoms with E-state index in [4.69, 9.17) is 19.6 Å². The van der Waals surface area contributed by atoms with E-state index in [1.807, 2.05) is 0 Å². The summed E-state index contributed by atoms with van der Waals surface area (Å²) in [5.74, 6) is 0.976. The van der Waals surface area contributed by atoms with Crippen LogP contribution in [-0.4, -0.2) is 70.0 Å². The second-order valence-electron chi connectivity index (χ2n) is 8.20. The summed E-state index contributed by atoms with van der Waals surface area (Å²) in [5.41, 5.74) is 0.521. The molecule has 2 fully saturated rings. The number of aromatic nitrogens is 1. The zero-order valence-electron chi connectivity index (χ0n) is 17.7. The van der Waals surface area contributed by atoms with E-state index in [0.717, 1.165) is 24.4 Å². The van der Waals surface area contributed by atoms with E-state index in [9.17, 15) is 10.2 Å². The summed E-state index contributed by atoms with van der Waals surface area (Å²) >= 11 is 1.74. The maximum atomic E-state index is 10.7. The summed E-state index contributed by atoms with van der Waals surface area (Å²) in [6, 6.07) is 8.56. The molecule has 0 bridgehead atoms. The Balaban J connectivity index is 0.000000806. The third-order valence-electron chi connectivity index (χ3n) is 6.23. The van der Waals surface area contributed by atoms with Crippen molar-refractivity contribution in [2.24, 2.45) is 0 Å². The van der Waals surface area contributed by atoms with E-state index in [1.165, 1.54) is 15.8 Å². The Kier molecular flexibility index (Phi) is 6.91. The number of ether oxygens (including phenoxy) is 1. The van der Waals surface area contributed by atoms with Gasteiger partial charge in [-0.2, -0.15) is 0 Å². The van der Waals surface area contributed by atoms with E-state index in [2.05, 4.69) is 42.3 Å². The van der Waals surface area contributed by atoms with E-state index < -0.39 is 17.3 Å². The van der Waals surface area contributed by atoms with Gasteiger partial charge in [-0.05, 0) is 62.8 Å². The van der Waals surface area contributed by atoms with Crippen LogP contribution in [0.4, 0.5) is 5.82 Å². The lowest BCUT2D eigenvalue weighted by molar-refractivity contribution is -0.239. The van der Waals surface area contributed by atoms with Crippen LogP contribution in [0.5, 0.6) is 0 Å². The highest BCUT2D eigenvalue weighted by Crippen LogP contribution is 2.40. The van der Waals surface area contributed by atoms with Crippen molar-refractivity contribution >= 4 is 35.0 Å². The lowest BCUT2D eigenvalue weighted by atomic mass is 9.75. The van der Waals surface area contributed by atoms with Gasteiger partial charge in [-0.15, -0.1) is 11.8 Å². The fourth-order valence-corrected chi connectivity index (χ4v) is 4.86. The molecule has 1 aromatic heterocycles. The first-order valence-corrected chi connectivity index (χ1v) is 11.3. The minimum atomic E-state index is -1.08. The Bertz CT molecular complexity index is 896. The lowest BCUT2D eigenvalue weighted by Crippen LogP contribution is -2.64. The molecule has 1 spiro atoms. The molecule has 0 radical (unpaired) electrons. The summed E-state index contributed by atoms with van der Waals surface area (Å²) in [5, 5.41) is 29.3. The maximum absolute atomic E-state index is 10.7. The van der Waals surface area contributed by atoms with Gasteiger partial charge in [0.15, 0.2) is 0 Å². The van der Waals surface area contributed by atoms with E-state index in [1.54, 1.807) is 18.7 Å². The molecule has 3 N–H and O–H groups in total. The molecule has 0 aliphatic carbocycles. The number of thioether (sulfide) groups is 1. The molecule has 0 unspecified atom stereocenters. The number of hydrogen-bond donors (Lipinski definition) is 3. The third kappa shape index (κ3) is 4.42. The van der Waals surface area contributed by atoms with Crippen molar-refractivity contribution in [1.29, 1.82) is 0 Å². The van der Waals surface area contributed by atoms with Crippen LogP contribution in [0.1, 0.15) is 31.7 Å². The highest BCUT2D eigenvalue weighted by Gasteiger charge is 2.52. The topological polar surface area (TPSA) is 103 Å². The standard InChI is InChI=1S/C21H28N2O3S.CH2O2/c1-14-12-18(22-17-5-4-15(27-3)13-16(14)17)23-9-6-21(7-10-23)19(24)20(2,25)8-11-26-21;2-1-3/h4-5,12-13,19,24-25H,6-11H2,1-3H3;1H,(H,2,3)/t19-,20+;/m0./s1. The van der Waals surface area contributed by atoms with Gasteiger partial charge < -0.3 is 25.0 Å². The molecule has 2 saturated heterocycles. The van der Waals surface area contributed by atoms with Gasteiger partial charge >= 0.3 is 0 Å². The van der Waals surface area contributed by atoms with Crippen LogP contribution >= 0.6 is 11.8 Å². The van der Waals surface area contributed by atoms with Gasteiger partial charge in [-0.1, -0.05) is 0 Å². The van der Waals surface area contributed by atoms with Crippen molar-refractivity contribution in [1.82, 2.24) is 4.98 Å². The Labute approximate surface area is 181 Å². The number of rotatable bonds is 2.